The molecule has 0 bridgehead atoms. The molecule has 1 N–H and O–H groups in total. The maximum absolute atomic E-state index is 10.6. The van der Waals surface area contributed by atoms with Crippen molar-refractivity contribution in [3.8, 4) is 11.3 Å². The zero-order valence-electron chi connectivity index (χ0n) is 9.41. The molecule has 0 aliphatic carbocycles. The fourth-order valence-electron chi connectivity index (χ4n) is 1.88. The van der Waals surface area contributed by atoms with Crippen LogP contribution in [0.25, 0.3) is 22.2 Å². The summed E-state index contributed by atoms with van der Waals surface area (Å²) in [6.45, 7) is -0.0824. The summed E-state index contributed by atoms with van der Waals surface area (Å²) >= 11 is 0. The number of imidazole rings is 1. The number of carboxylic acid groups (broad SMARTS) is 1. The molecule has 0 saturated heterocycles. The third kappa shape index (κ3) is 1.86. The van der Waals surface area contributed by atoms with Crippen molar-refractivity contribution in [2.75, 3.05) is 0 Å². The van der Waals surface area contributed by atoms with Crippen LogP contribution in [0, 0.1) is 0 Å². The second kappa shape index (κ2) is 4.03. The molecule has 0 aliphatic rings. The van der Waals surface area contributed by atoms with E-state index in [1.807, 2.05) is 24.3 Å². The van der Waals surface area contributed by atoms with Gasteiger partial charge in [-0.2, -0.15) is 0 Å². The first-order chi connectivity index (χ1) is 8.72. The molecular weight excluding hydrogens is 232 g/mol. The van der Waals surface area contributed by atoms with Crippen molar-refractivity contribution in [2.45, 2.75) is 6.54 Å². The van der Waals surface area contributed by atoms with Crippen molar-refractivity contribution < 1.29 is 14.3 Å². The fraction of sp³-hybridized carbons (Fsp3) is 0.0769. The van der Waals surface area contributed by atoms with Gasteiger partial charge in [0.25, 0.3) is 0 Å². The Bertz CT molecular complexity index is 712. The van der Waals surface area contributed by atoms with Gasteiger partial charge in [0.2, 0.25) is 0 Å². The Morgan fingerprint density at radius 2 is 2.28 bits per heavy atom. The average Bonchev–Trinajstić information content (AvgIpc) is 2.95. The van der Waals surface area contributed by atoms with Gasteiger partial charge in [0.05, 0.1) is 18.3 Å². The Morgan fingerprint density at radius 1 is 1.39 bits per heavy atom. The second-order valence-electron chi connectivity index (χ2n) is 4.00. The van der Waals surface area contributed by atoms with Crippen molar-refractivity contribution >= 4 is 16.9 Å². The summed E-state index contributed by atoms with van der Waals surface area (Å²) in [6.07, 6.45) is 4.87. The van der Waals surface area contributed by atoms with Gasteiger partial charge in [-0.05, 0) is 24.3 Å². The van der Waals surface area contributed by atoms with Crippen LogP contribution in [-0.4, -0.2) is 20.6 Å². The molecule has 0 spiro atoms. The standard InChI is InChI=1S/C13H10N2O3/c16-13(17)7-15-6-11(14-8-15)9-1-2-12-10(5-9)3-4-18-12/h1-6,8H,7H2,(H,16,17). The molecule has 0 fully saturated rings. The molecule has 5 heteroatoms. The smallest absolute Gasteiger partial charge is 0.323 e. The zero-order chi connectivity index (χ0) is 12.5. The predicted molar refractivity (Wildman–Crippen MR) is 65.1 cm³/mol. The first kappa shape index (κ1) is 10.6. The lowest BCUT2D eigenvalue weighted by Gasteiger charge is -1.97. The lowest BCUT2D eigenvalue weighted by Crippen LogP contribution is -2.06. The van der Waals surface area contributed by atoms with Gasteiger partial charge in [-0.3, -0.25) is 4.79 Å². The SMILES string of the molecule is O=C(O)Cn1cnc(-c2ccc3occc3c2)c1. The summed E-state index contributed by atoms with van der Waals surface area (Å²) in [6, 6.07) is 7.62. The van der Waals surface area contributed by atoms with Crippen molar-refractivity contribution in [3.63, 3.8) is 0 Å². The van der Waals surface area contributed by atoms with Crippen LogP contribution in [0.5, 0.6) is 0 Å². The fourth-order valence-corrected chi connectivity index (χ4v) is 1.88. The summed E-state index contributed by atoms with van der Waals surface area (Å²) in [4.78, 5) is 14.8. The van der Waals surface area contributed by atoms with Crippen LogP contribution in [0.1, 0.15) is 0 Å². The lowest BCUT2D eigenvalue weighted by molar-refractivity contribution is -0.137. The number of aliphatic carboxylic acids is 1. The Balaban J connectivity index is 1.97. The Labute approximate surface area is 102 Å². The normalized spacial score (nSPS) is 10.9. The summed E-state index contributed by atoms with van der Waals surface area (Å²) in [5.74, 6) is -0.885. The first-order valence-electron chi connectivity index (χ1n) is 5.43. The van der Waals surface area contributed by atoms with E-state index in [0.29, 0.717) is 0 Å². The minimum Gasteiger partial charge on any atom is -0.480 e. The molecule has 3 aromatic rings. The first-order valence-corrected chi connectivity index (χ1v) is 5.43. The highest BCUT2D eigenvalue weighted by molar-refractivity contribution is 5.82. The number of aromatic nitrogens is 2. The minimum absolute atomic E-state index is 0.0824. The van der Waals surface area contributed by atoms with E-state index < -0.39 is 5.97 Å². The number of nitrogens with zero attached hydrogens (tertiary/aromatic N) is 2. The molecule has 0 atom stereocenters. The van der Waals surface area contributed by atoms with Gasteiger partial charge in [0.1, 0.15) is 12.1 Å². The van der Waals surface area contributed by atoms with Crippen molar-refractivity contribution in [1.29, 1.82) is 0 Å². The molecule has 2 aromatic heterocycles. The van der Waals surface area contributed by atoms with Crippen molar-refractivity contribution in [1.82, 2.24) is 9.55 Å². The third-order valence-electron chi connectivity index (χ3n) is 2.70. The number of carboxylic acids is 1. The summed E-state index contributed by atoms with van der Waals surface area (Å²) in [5.41, 5.74) is 2.51. The third-order valence-corrected chi connectivity index (χ3v) is 2.70. The molecule has 0 aliphatic heterocycles. The molecule has 0 radical (unpaired) electrons. The van der Waals surface area contributed by atoms with Crippen LogP contribution in [0.15, 0.2) is 47.5 Å². The quantitative estimate of drug-likeness (QED) is 0.765. The Morgan fingerprint density at radius 3 is 3.11 bits per heavy atom. The van der Waals surface area contributed by atoms with Crippen LogP contribution in [0.2, 0.25) is 0 Å². The van der Waals surface area contributed by atoms with E-state index in [-0.39, 0.29) is 6.54 Å². The molecule has 2 heterocycles. The van der Waals surface area contributed by atoms with Crippen LogP contribution in [0.4, 0.5) is 0 Å². The molecule has 1 aromatic carbocycles. The lowest BCUT2D eigenvalue weighted by atomic mass is 10.1. The van der Waals surface area contributed by atoms with Gasteiger partial charge in [0.15, 0.2) is 0 Å². The Kier molecular flexibility index (Phi) is 2.37. The summed E-state index contributed by atoms with van der Waals surface area (Å²) < 4.78 is 6.80. The number of benzene rings is 1. The summed E-state index contributed by atoms with van der Waals surface area (Å²) in [7, 11) is 0. The zero-order valence-corrected chi connectivity index (χ0v) is 9.41. The average molecular weight is 242 g/mol. The van der Waals surface area contributed by atoms with Crippen LogP contribution in [-0.2, 0) is 11.3 Å². The molecule has 5 nitrogen and oxygen atoms in total. The highest BCUT2D eigenvalue weighted by Crippen LogP contribution is 2.23. The highest BCUT2D eigenvalue weighted by Gasteiger charge is 2.06. The van der Waals surface area contributed by atoms with E-state index in [9.17, 15) is 4.79 Å². The Hall–Kier alpha value is -2.56. The number of rotatable bonds is 3. The number of carbonyl (C=O) groups is 1. The van der Waals surface area contributed by atoms with Crippen LogP contribution in [0.3, 0.4) is 0 Å². The van der Waals surface area contributed by atoms with Gasteiger partial charge in [-0.25, -0.2) is 4.98 Å². The molecule has 90 valence electrons. The van der Waals surface area contributed by atoms with E-state index in [1.54, 1.807) is 12.5 Å². The van der Waals surface area contributed by atoms with E-state index in [1.165, 1.54) is 10.9 Å². The highest BCUT2D eigenvalue weighted by atomic mass is 16.4. The van der Waals surface area contributed by atoms with Gasteiger partial charge in [-0.1, -0.05) is 0 Å². The van der Waals surface area contributed by atoms with Crippen LogP contribution >= 0.6 is 0 Å². The van der Waals surface area contributed by atoms with E-state index in [0.717, 1.165) is 22.2 Å². The largest absolute Gasteiger partial charge is 0.480 e. The van der Waals surface area contributed by atoms with Crippen molar-refractivity contribution in [3.05, 3.63) is 43.1 Å². The number of hydrogen-bond donors (Lipinski definition) is 1. The molecule has 0 unspecified atom stereocenters. The van der Waals surface area contributed by atoms with Gasteiger partial charge in [0, 0.05) is 17.1 Å². The number of fused-ring (bicyclic) bond motifs is 1. The monoisotopic (exact) mass is 242 g/mol. The number of hydrogen-bond acceptors (Lipinski definition) is 3. The molecular formula is C13H10N2O3. The number of furan rings is 1. The van der Waals surface area contributed by atoms with Gasteiger partial charge < -0.3 is 14.1 Å². The van der Waals surface area contributed by atoms with Gasteiger partial charge >= 0.3 is 5.97 Å². The molecule has 0 saturated carbocycles. The van der Waals surface area contributed by atoms with Gasteiger partial charge in [-0.15, -0.1) is 0 Å². The maximum atomic E-state index is 10.6. The molecule has 3 rings (SSSR count). The predicted octanol–water partition coefficient (Wildman–Crippen LogP) is 2.38. The topological polar surface area (TPSA) is 68.3 Å². The second-order valence-corrected chi connectivity index (χ2v) is 4.00. The molecule has 18 heavy (non-hydrogen) atoms. The maximum Gasteiger partial charge on any atom is 0.323 e. The molecule has 0 amide bonds. The van der Waals surface area contributed by atoms with E-state index in [4.69, 9.17) is 9.52 Å². The summed E-state index contributed by atoms with van der Waals surface area (Å²) in [5, 5.41) is 9.70. The van der Waals surface area contributed by atoms with E-state index in [2.05, 4.69) is 4.98 Å². The van der Waals surface area contributed by atoms with E-state index >= 15 is 0 Å². The van der Waals surface area contributed by atoms with Crippen molar-refractivity contribution in [2.24, 2.45) is 0 Å². The van der Waals surface area contributed by atoms with Crippen LogP contribution < -0.4 is 0 Å². The minimum atomic E-state index is -0.885.